The third-order valence-electron chi connectivity index (χ3n) is 4.11. The van der Waals surface area contributed by atoms with E-state index in [-0.39, 0.29) is 9.22 Å². The summed E-state index contributed by atoms with van der Waals surface area (Å²) < 4.78 is 24.6. The molecule has 7 nitrogen and oxygen atoms in total. The zero-order valence-electron chi connectivity index (χ0n) is 16.4. The number of amides is 2. The van der Waals surface area contributed by atoms with E-state index in [2.05, 4.69) is 5.43 Å². The van der Waals surface area contributed by atoms with E-state index in [1.165, 1.54) is 12.1 Å². The van der Waals surface area contributed by atoms with Crippen molar-refractivity contribution in [3.63, 3.8) is 0 Å². The predicted molar refractivity (Wildman–Crippen MR) is 125 cm³/mol. The number of thioether (sulfide) groups is 1. The summed E-state index contributed by atoms with van der Waals surface area (Å²) in [6, 6.07) is 17.3. The second-order valence-corrected chi connectivity index (χ2v) is 9.89. The Morgan fingerprint density at radius 1 is 1.10 bits per heavy atom. The van der Waals surface area contributed by atoms with Gasteiger partial charge in [-0.2, -0.15) is 0 Å². The zero-order valence-corrected chi connectivity index (χ0v) is 18.9. The van der Waals surface area contributed by atoms with Gasteiger partial charge in [-0.15, -0.1) is 4.83 Å². The summed E-state index contributed by atoms with van der Waals surface area (Å²) in [5.41, 5.74) is 3.96. The number of carbonyl (C=O) groups excluding carboxylic acids is 2. The minimum absolute atomic E-state index is 0.00419. The van der Waals surface area contributed by atoms with Gasteiger partial charge in [0.1, 0.15) is 10.9 Å². The molecule has 0 aliphatic carbocycles. The first-order chi connectivity index (χ1) is 14.8. The molecule has 10 heteroatoms. The van der Waals surface area contributed by atoms with Gasteiger partial charge in [0, 0.05) is 0 Å². The predicted octanol–water partition coefficient (Wildman–Crippen LogP) is 2.84. The summed E-state index contributed by atoms with van der Waals surface area (Å²) in [5.74, 6) is -1.12. The van der Waals surface area contributed by atoms with Gasteiger partial charge < -0.3 is 0 Å². The van der Waals surface area contributed by atoms with Crippen molar-refractivity contribution in [1.29, 1.82) is 0 Å². The fraction of sp³-hybridized carbons (Fsp3) is 0.0952. The van der Waals surface area contributed by atoms with E-state index >= 15 is 0 Å². The molecule has 0 aromatic heterocycles. The third kappa shape index (κ3) is 6.11. The van der Waals surface area contributed by atoms with Gasteiger partial charge in [0.2, 0.25) is 0 Å². The van der Waals surface area contributed by atoms with E-state index in [9.17, 15) is 18.0 Å². The Hall–Kier alpha value is -2.79. The van der Waals surface area contributed by atoms with Gasteiger partial charge in [-0.1, -0.05) is 78.6 Å². The van der Waals surface area contributed by atoms with E-state index in [1.54, 1.807) is 24.3 Å². The third-order valence-corrected chi connectivity index (χ3v) is 6.75. The van der Waals surface area contributed by atoms with Crippen LogP contribution in [0, 0.1) is 0 Å². The van der Waals surface area contributed by atoms with Crippen LogP contribution in [0.3, 0.4) is 0 Å². The molecule has 0 bridgehead atoms. The molecule has 3 rings (SSSR count). The summed E-state index contributed by atoms with van der Waals surface area (Å²) in [6.07, 6.45) is 3.64. The van der Waals surface area contributed by atoms with Crippen molar-refractivity contribution in [2.45, 2.75) is 11.8 Å². The van der Waals surface area contributed by atoms with Crippen LogP contribution in [0.4, 0.5) is 0 Å². The second kappa shape index (κ2) is 10.0. The first-order valence-electron chi connectivity index (χ1n) is 9.11. The Morgan fingerprint density at radius 2 is 1.71 bits per heavy atom. The highest BCUT2D eigenvalue weighted by Gasteiger charge is 2.33. The van der Waals surface area contributed by atoms with Gasteiger partial charge in [0.05, 0.1) is 9.80 Å². The van der Waals surface area contributed by atoms with Crippen LogP contribution in [-0.2, 0) is 19.6 Å². The summed E-state index contributed by atoms with van der Waals surface area (Å²) in [7, 11) is -3.91. The first-order valence-corrected chi connectivity index (χ1v) is 11.8. The lowest BCUT2D eigenvalue weighted by atomic mass is 10.1. The normalized spacial score (nSPS) is 16.1. The van der Waals surface area contributed by atoms with Gasteiger partial charge in [0.25, 0.3) is 21.8 Å². The van der Waals surface area contributed by atoms with E-state index in [4.69, 9.17) is 12.2 Å². The maximum absolute atomic E-state index is 12.7. The quantitative estimate of drug-likeness (QED) is 0.365. The fourth-order valence-corrected chi connectivity index (χ4v) is 4.85. The Morgan fingerprint density at radius 3 is 2.35 bits per heavy atom. The van der Waals surface area contributed by atoms with E-state index < -0.39 is 28.4 Å². The Bertz CT molecular complexity index is 1160. The van der Waals surface area contributed by atoms with Gasteiger partial charge in [-0.3, -0.25) is 19.9 Å². The van der Waals surface area contributed by atoms with Crippen LogP contribution in [0.1, 0.15) is 12.5 Å². The minimum atomic E-state index is -3.91. The number of benzene rings is 2. The summed E-state index contributed by atoms with van der Waals surface area (Å²) >= 11 is 6.31. The SMILES string of the molecule is CC(/C=C1\SC(=S)N(CC(=O)NNS(=O)(=O)c2ccccc2)C1=O)=C\c1ccccc1. The fourth-order valence-electron chi connectivity index (χ4n) is 2.66. The average Bonchev–Trinajstić information content (AvgIpc) is 3.01. The second-order valence-electron chi connectivity index (χ2n) is 6.53. The highest BCUT2D eigenvalue weighted by atomic mass is 32.2. The van der Waals surface area contributed by atoms with Crippen LogP contribution in [-0.4, -0.2) is 36.0 Å². The van der Waals surface area contributed by atoms with Crippen molar-refractivity contribution in [1.82, 2.24) is 15.2 Å². The molecule has 31 heavy (non-hydrogen) atoms. The molecule has 0 atom stereocenters. The Balaban J connectivity index is 1.62. The van der Waals surface area contributed by atoms with Crippen LogP contribution in [0.2, 0.25) is 0 Å². The molecular formula is C21H19N3O4S3. The number of hydrazine groups is 1. The first kappa shape index (κ1) is 22.9. The van der Waals surface area contributed by atoms with Crippen molar-refractivity contribution in [3.05, 3.63) is 82.8 Å². The van der Waals surface area contributed by atoms with Crippen molar-refractivity contribution in [2.75, 3.05) is 6.54 Å². The lowest BCUT2D eigenvalue weighted by Crippen LogP contribution is -2.47. The van der Waals surface area contributed by atoms with Crippen molar-refractivity contribution in [2.24, 2.45) is 0 Å². The lowest BCUT2D eigenvalue weighted by Gasteiger charge is -2.14. The molecule has 160 valence electrons. The Labute approximate surface area is 190 Å². The van der Waals surface area contributed by atoms with Crippen LogP contribution in [0.15, 0.2) is 82.1 Å². The molecule has 1 fully saturated rings. The lowest BCUT2D eigenvalue weighted by molar-refractivity contribution is -0.129. The number of sulfonamides is 1. The number of hydrogen-bond donors (Lipinski definition) is 2. The van der Waals surface area contributed by atoms with Crippen molar-refractivity contribution >= 4 is 56.2 Å². The molecule has 1 heterocycles. The maximum Gasteiger partial charge on any atom is 0.266 e. The molecule has 2 N–H and O–H groups in total. The summed E-state index contributed by atoms with van der Waals surface area (Å²) in [4.78, 5) is 28.4. The molecule has 2 aromatic rings. The molecule has 0 radical (unpaired) electrons. The van der Waals surface area contributed by atoms with Crippen molar-refractivity contribution < 1.29 is 18.0 Å². The van der Waals surface area contributed by atoms with E-state index in [0.717, 1.165) is 27.8 Å². The maximum atomic E-state index is 12.7. The summed E-state index contributed by atoms with van der Waals surface area (Å²) in [6.45, 7) is 1.46. The largest absolute Gasteiger partial charge is 0.283 e. The molecular weight excluding hydrogens is 454 g/mol. The number of rotatable bonds is 7. The number of hydrogen-bond acceptors (Lipinski definition) is 6. The monoisotopic (exact) mass is 473 g/mol. The molecule has 2 amide bonds. The van der Waals surface area contributed by atoms with E-state index in [1.807, 2.05) is 48.2 Å². The number of allylic oxidation sites excluding steroid dienone is 2. The van der Waals surface area contributed by atoms with Gasteiger partial charge in [0.15, 0.2) is 0 Å². The number of thiocarbonyl (C=S) groups is 1. The molecule has 1 aliphatic rings. The van der Waals surface area contributed by atoms with Crippen LogP contribution in [0.5, 0.6) is 0 Å². The van der Waals surface area contributed by atoms with Crippen LogP contribution >= 0.6 is 24.0 Å². The minimum Gasteiger partial charge on any atom is -0.283 e. The molecule has 1 saturated heterocycles. The topological polar surface area (TPSA) is 95.6 Å². The molecule has 2 aromatic carbocycles. The van der Waals surface area contributed by atoms with Gasteiger partial charge in [-0.05, 0) is 36.3 Å². The van der Waals surface area contributed by atoms with Crippen molar-refractivity contribution in [3.8, 4) is 0 Å². The molecule has 0 spiro atoms. The van der Waals surface area contributed by atoms with Gasteiger partial charge in [-0.25, -0.2) is 8.42 Å². The number of nitrogens with one attached hydrogen (secondary N) is 2. The Kier molecular flexibility index (Phi) is 7.39. The van der Waals surface area contributed by atoms with E-state index in [0.29, 0.717) is 4.91 Å². The molecule has 1 aliphatic heterocycles. The van der Waals surface area contributed by atoms with Gasteiger partial charge >= 0.3 is 0 Å². The zero-order chi connectivity index (χ0) is 22.4. The average molecular weight is 474 g/mol. The molecule has 0 saturated carbocycles. The highest BCUT2D eigenvalue weighted by Crippen LogP contribution is 2.31. The highest BCUT2D eigenvalue weighted by molar-refractivity contribution is 8.26. The smallest absolute Gasteiger partial charge is 0.266 e. The van der Waals surface area contributed by atoms with Crippen LogP contribution in [0.25, 0.3) is 6.08 Å². The summed E-state index contributed by atoms with van der Waals surface area (Å²) in [5, 5.41) is 0. The van der Waals surface area contributed by atoms with Crippen LogP contribution < -0.4 is 10.3 Å². The number of nitrogens with zero attached hydrogens (tertiary/aromatic N) is 1. The molecule has 0 unspecified atom stereocenters. The standard InChI is InChI=1S/C21H19N3O4S3/c1-15(12-16-8-4-2-5-9-16)13-18-20(26)24(21(29)30-18)14-19(25)22-23-31(27,28)17-10-6-3-7-11-17/h2-13,23H,14H2,1H3,(H,22,25)/b15-12+,18-13-. The number of carbonyl (C=O) groups is 2.